The minimum Gasteiger partial charge on any atom is -0.748 e. The Balaban J connectivity index is 0.00000157. The summed E-state index contributed by atoms with van der Waals surface area (Å²) in [6, 6.07) is 18.7. The van der Waals surface area contributed by atoms with E-state index < -0.39 is 32.4 Å². The third-order valence-electron chi connectivity index (χ3n) is 6.41. The first-order valence-corrected chi connectivity index (χ1v) is 15.2. The van der Waals surface area contributed by atoms with Crippen LogP contribution in [0.25, 0.3) is 0 Å². The Hall–Kier alpha value is -2.61. The Morgan fingerprint density at radius 2 is 1.78 bits per heavy atom. The Morgan fingerprint density at radius 1 is 1.10 bits per heavy atom. The molecule has 1 atom stereocenters. The van der Waals surface area contributed by atoms with Crippen molar-refractivity contribution in [2.45, 2.75) is 50.9 Å². The minimum absolute atomic E-state index is 0. The molecular formula is C28H33N2NaO8S2. The molecule has 0 spiro atoms. The molecule has 0 aliphatic carbocycles. The fraction of sp³-hybridized carbons (Fsp3) is 0.357. The van der Waals surface area contributed by atoms with Crippen LogP contribution < -0.4 is 34.9 Å². The van der Waals surface area contributed by atoms with Gasteiger partial charge in [0.25, 0.3) is 0 Å². The Bertz CT molecular complexity index is 1450. The molecule has 13 heteroatoms. The summed E-state index contributed by atoms with van der Waals surface area (Å²) >= 11 is 0. The van der Waals surface area contributed by atoms with Gasteiger partial charge in [0, 0.05) is 42.0 Å². The maximum Gasteiger partial charge on any atom is 1.00 e. The van der Waals surface area contributed by atoms with E-state index in [1.807, 2.05) is 73.0 Å². The van der Waals surface area contributed by atoms with Crippen LogP contribution in [0, 0.1) is 6.07 Å². The summed E-state index contributed by atoms with van der Waals surface area (Å²) in [7, 11) is -7.41. The number of hydrogen-bond donors (Lipinski definition) is 2. The van der Waals surface area contributed by atoms with Gasteiger partial charge in [-0.3, -0.25) is 4.79 Å². The van der Waals surface area contributed by atoms with Gasteiger partial charge < -0.3 is 15.0 Å². The average molecular weight is 613 g/mol. The summed E-state index contributed by atoms with van der Waals surface area (Å²) in [5.41, 5.74) is 3.72. The van der Waals surface area contributed by atoms with Crippen LogP contribution in [0.5, 0.6) is 0 Å². The van der Waals surface area contributed by atoms with Crippen LogP contribution in [-0.2, 0) is 30.9 Å². The number of aliphatic carboxylic acids is 1. The summed E-state index contributed by atoms with van der Waals surface area (Å²) < 4.78 is 61.1. The summed E-state index contributed by atoms with van der Waals surface area (Å²) in [6.45, 7) is 2.56. The van der Waals surface area contributed by atoms with Crippen molar-refractivity contribution in [1.82, 2.24) is 0 Å². The number of hydrogen-bond acceptors (Lipinski definition) is 8. The van der Waals surface area contributed by atoms with Crippen molar-refractivity contribution in [2.24, 2.45) is 0 Å². The second kappa shape index (κ2) is 18.0. The summed E-state index contributed by atoms with van der Waals surface area (Å²) in [4.78, 5) is 10.9. The van der Waals surface area contributed by atoms with E-state index in [4.69, 9.17) is 17.7 Å². The molecule has 2 aromatic carbocycles. The van der Waals surface area contributed by atoms with E-state index in [0.29, 0.717) is 13.0 Å². The van der Waals surface area contributed by atoms with Crippen LogP contribution in [0.1, 0.15) is 51.0 Å². The number of unbranched alkanes of at least 4 members (excludes halogenated alkanes) is 2. The van der Waals surface area contributed by atoms with E-state index >= 15 is 0 Å². The number of benzene rings is 2. The molecule has 1 heterocycles. The van der Waals surface area contributed by atoms with Crippen molar-refractivity contribution in [2.75, 3.05) is 17.6 Å². The number of carboxylic acid groups (broad SMARTS) is 1. The van der Waals surface area contributed by atoms with Crippen molar-refractivity contribution in [3.8, 4) is 0 Å². The Morgan fingerprint density at radius 3 is 2.41 bits per heavy atom. The molecule has 216 valence electrons. The molecule has 0 aromatic heterocycles. The number of nitrogens with one attached hydrogen (secondary N) is 1. The number of rotatable bonds is 14. The maximum atomic E-state index is 11.2. The Kier molecular flexibility index (Phi) is 16.0. The first-order chi connectivity index (χ1) is 18.9. The van der Waals surface area contributed by atoms with Crippen molar-refractivity contribution < 1.29 is 69.6 Å². The van der Waals surface area contributed by atoms with Crippen molar-refractivity contribution in [1.29, 1.82) is 0 Å². The van der Waals surface area contributed by atoms with Gasteiger partial charge in [-0.15, -0.1) is 18.7 Å². The first-order valence-electron chi connectivity index (χ1n) is 12.7. The number of nitrogens with zero attached hydrogens (tertiary/aromatic N) is 1. The summed E-state index contributed by atoms with van der Waals surface area (Å²) in [5.74, 6) is -1.20. The van der Waals surface area contributed by atoms with Gasteiger partial charge in [-0.25, -0.2) is 13.0 Å². The van der Waals surface area contributed by atoms with Gasteiger partial charge in [-0.1, -0.05) is 49.6 Å². The summed E-state index contributed by atoms with van der Waals surface area (Å²) in [5, 5.41) is 12.2. The molecule has 0 fully saturated rings. The predicted octanol–water partition coefficient (Wildman–Crippen LogP) is 0.995. The number of allylic oxidation sites excluding steroid dienone is 3. The monoisotopic (exact) mass is 612 g/mol. The minimum atomic E-state index is -4.30. The molecule has 2 aromatic rings. The van der Waals surface area contributed by atoms with Crippen molar-refractivity contribution >= 4 is 43.8 Å². The number of carboxylic acids is 1. The molecule has 0 saturated heterocycles. The molecule has 0 bridgehead atoms. The van der Waals surface area contributed by atoms with Gasteiger partial charge in [-0.2, -0.15) is 18.2 Å². The van der Waals surface area contributed by atoms with E-state index in [1.165, 1.54) is 0 Å². The van der Waals surface area contributed by atoms with Gasteiger partial charge in [0.1, 0.15) is 12.2 Å². The van der Waals surface area contributed by atoms with Crippen molar-refractivity contribution in [3.05, 3.63) is 84.6 Å². The van der Waals surface area contributed by atoms with Gasteiger partial charge >= 0.3 is 46.1 Å². The van der Waals surface area contributed by atoms with E-state index in [2.05, 4.69) is 22.9 Å². The van der Waals surface area contributed by atoms with Crippen LogP contribution >= 0.6 is 0 Å². The first kappa shape index (κ1) is 36.4. The topological polar surface area (TPSA) is 161 Å². The van der Waals surface area contributed by atoms with E-state index in [0.717, 1.165) is 41.9 Å². The predicted molar refractivity (Wildman–Crippen MR) is 150 cm³/mol. The van der Waals surface area contributed by atoms with Gasteiger partial charge in [0.15, 0.2) is 5.71 Å². The van der Waals surface area contributed by atoms with Crippen LogP contribution in [0.15, 0.2) is 73.0 Å². The van der Waals surface area contributed by atoms with Crippen LogP contribution in [0.4, 0.5) is 11.4 Å². The Labute approximate surface area is 265 Å². The SMILES string of the molecule is CC1(CCCCCC(=O)O)C(/C=C/C=C/Nc2ccccc2)=[N+](CCCS(=O)(=O)[O-])c2cc[c-]cc21.O=S(=O)=O.[Na+]. The third kappa shape index (κ3) is 12.8. The second-order valence-corrected chi connectivity index (χ2v) is 11.2. The largest absolute Gasteiger partial charge is 1.00 e. The third-order valence-corrected chi connectivity index (χ3v) is 7.20. The number of para-hydroxylation sites is 1. The molecule has 10 nitrogen and oxygen atoms in total. The number of fused-ring (bicyclic) bond motifs is 1. The molecule has 1 aliphatic heterocycles. The normalized spacial score (nSPS) is 16.1. The zero-order valence-electron chi connectivity index (χ0n) is 23.2. The summed E-state index contributed by atoms with van der Waals surface area (Å²) in [6.07, 6.45) is 11.2. The van der Waals surface area contributed by atoms with Crippen LogP contribution in [0.3, 0.4) is 0 Å². The van der Waals surface area contributed by atoms with Gasteiger partial charge in [0.2, 0.25) is 0 Å². The van der Waals surface area contributed by atoms with Crippen LogP contribution in [-0.4, -0.2) is 59.3 Å². The number of carbonyl (C=O) groups is 1. The maximum absolute atomic E-state index is 11.2. The standard InChI is InChI=1S/C28H33N2O5S.Na.O3S/c1-28(19-10-3-6-18-27(31)32)24-15-7-8-16-25(24)30(21-12-22-36(33,34)35)26(28)17-9-11-20-29-23-13-4-2-5-14-23;;1-4(2)3/h2,4-5,8-9,11,13-17,20H,3,6,10,12,18-19,21-22H2,1H3,(H2,31,32,33,34,35);;/q-1;+1;. The van der Waals surface area contributed by atoms with Crippen molar-refractivity contribution in [3.63, 3.8) is 0 Å². The van der Waals surface area contributed by atoms with Gasteiger partial charge in [0.05, 0.1) is 10.1 Å². The zero-order chi connectivity index (χ0) is 29.6. The molecule has 1 unspecified atom stereocenters. The molecule has 3 rings (SSSR count). The molecule has 2 N–H and O–H groups in total. The molecular weight excluding hydrogens is 579 g/mol. The molecule has 0 saturated carbocycles. The smallest absolute Gasteiger partial charge is 0.748 e. The van der Waals surface area contributed by atoms with Gasteiger partial charge in [-0.05, 0) is 31.1 Å². The number of anilines is 1. The fourth-order valence-corrected chi connectivity index (χ4v) is 5.14. The van der Waals surface area contributed by atoms with Crippen LogP contribution in [0.2, 0.25) is 0 Å². The van der Waals surface area contributed by atoms with E-state index in [9.17, 15) is 17.8 Å². The molecule has 0 radical (unpaired) electrons. The second-order valence-electron chi connectivity index (χ2n) is 9.31. The van der Waals surface area contributed by atoms with E-state index in [-0.39, 0.29) is 47.8 Å². The average Bonchev–Trinajstić information content (AvgIpc) is 3.11. The fourth-order valence-electron chi connectivity index (χ4n) is 4.65. The molecule has 0 amide bonds. The molecule has 1 aliphatic rings. The quantitative estimate of drug-likeness (QED) is 0.0792. The zero-order valence-corrected chi connectivity index (χ0v) is 26.8. The van der Waals surface area contributed by atoms with E-state index in [1.54, 1.807) is 0 Å². The molecule has 41 heavy (non-hydrogen) atoms.